The molecule has 0 bridgehead atoms. The Balaban J connectivity index is 1.31. The molecule has 2 fully saturated rings. The van der Waals surface area contributed by atoms with Crippen LogP contribution in [0.3, 0.4) is 0 Å². The Bertz CT molecular complexity index is 1090. The third-order valence-corrected chi connectivity index (χ3v) is 6.55. The molecule has 0 aliphatic carbocycles. The molecule has 8 heteroatoms. The Kier molecular flexibility index (Phi) is 6.66. The van der Waals surface area contributed by atoms with E-state index in [1.807, 2.05) is 46.8 Å². The van der Waals surface area contributed by atoms with E-state index in [0.717, 1.165) is 61.9 Å². The first-order valence-electron chi connectivity index (χ1n) is 11.8. The summed E-state index contributed by atoms with van der Waals surface area (Å²) in [7, 11) is 0. The minimum atomic E-state index is -0.222. The van der Waals surface area contributed by atoms with Crippen LogP contribution >= 0.6 is 0 Å². The normalized spacial score (nSPS) is 19.8. The molecule has 3 aromatic rings. The van der Waals surface area contributed by atoms with Gasteiger partial charge in [-0.3, -0.25) is 9.69 Å². The summed E-state index contributed by atoms with van der Waals surface area (Å²) < 4.78 is 13.5. The quantitative estimate of drug-likeness (QED) is 0.576. The van der Waals surface area contributed by atoms with Crippen LogP contribution in [-0.4, -0.2) is 76.3 Å². The molecule has 1 aromatic carbocycles. The monoisotopic (exact) mass is 449 g/mol. The summed E-state index contributed by atoms with van der Waals surface area (Å²) in [6.07, 6.45) is 2.87. The molecule has 2 aliphatic rings. The fraction of sp³-hybridized carbons (Fsp3) is 0.480. The third-order valence-electron chi connectivity index (χ3n) is 6.55. The second-order valence-electron chi connectivity index (χ2n) is 8.74. The number of rotatable bonds is 6. The van der Waals surface area contributed by atoms with Gasteiger partial charge < -0.3 is 14.4 Å². The molecular formula is C25H31N5O3. The molecule has 0 radical (unpaired) electrons. The molecule has 4 heterocycles. The van der Waals surface area contributed by atoms with Gasteiger partial charge in [0.15, 0.2) is 5.65 Å². The van der Waals surface area contributed by atoms with E-state index in [9.17, 15) is 4.79 Å². The van der Waals surface area contributed by atoms with Crippen molar-refractivity contribution < 1.29 is 14.3 Å². The zero-order valence-corrected chi connectivity index (χ0v) is 19.2. The van der Waals surface area contributed by atoms with Gasteiger partial charge in [-0.1, -0.05) is 30.3 Å². The number of hydrogen-bond donors (Lipinski definition) is 0. The van der Waals surface area contributed by atoms with E-state index in [-0.39, 0.29) is 12.0 Å². The molecule has 0 saturated carbocycles. The highest BCUT2D eigenvalue weighted by Crippen LogP contribution is 2.26. The SMILES string of the molecule is Cc1nn2c([C@@H]3CN(C(=O)CCc4ccccc4)CCO3)ccnc2c1CN1CCOCC1. The van der Waals surface area contributed by atoms with E-state index in [1.165, 1.54) is 5.56 Å². The van der Waals surface area contributed by atoms with E-state index >= 15 is 0 Å². The summed E-state index contributed by atoms with van der Waals surface area (Å²) in [6.45, 7) is 7.89. The van der Waals surface area contributed by atoms with E-state index in [0.29, 0.717) is 26.1 Å². The van der Waals surface area contributed by atoms with Crippen molar-refractivity contribution in [2.24, 2.45) is 0 Å². The second-order valence-corrected chi connectivity index (χ2v) is 8.74. The number of nitrogens with zero attached hydrogens (tertiary/aromatic N) is 5. The van der Waals surface area contributed by atoms with E-state index in [2.05, 4.69) is 22.0 Å². The molecular weight excluding hydrogens is 418 g/mol. The molecule has 2 saturated heterocycles. The van der Waals surface area contributed by atoms with Gasteiger partial charge >= 0.3 is 0 Å². The highest BCUT2D eigenvalue weighted by molar-refractivity contribution is 5.76. The van der Waals surface area contributed by atoms with Crippen LogP contribution in [0.2, 0.25) is 0 Å². The molecule has 8 nitrogen and oxygen atoms in total. The average molecular weight is 450 g/mol. The van der Waals surface area contributed by atoms with Crippen molar-refractivity contribution in [2.45, 2.75) is 32.4 Å². The lowest BCUT2D eigenvalue weighted by atomic mass is 10.1. The minimum absolute atomic E-state index is 0.169. The summed E-state index contributed by atoms with van der Waals surface area (Å²) in [5.41, 5.74) is 5.12. The predicted octanol–water partition coefficient (Wildman–Crippen LogP) is 2.40. The number of ether oxygens (including phenoxy) is 2. The molecule has 33 heavy (non-hydrogen) atoms. The topological polar surface area (TPSA) is 72.2 Å². The van der Waals surface area contributed by atoms with Crippen molar-refractivity contribution in [2.75, 3.05) is 46.0 Å². The molecule has 2 aromatic heterocycles. The first kappa shape index (κ1) is 22.0. The third kappa shape index (κ3) is 4.93. The van der Waals surface area contributed by atoms with Crippen molar-refractivity contribution in [3.63, 3.8) is 0 Å². The van der Waals surface area contributed by atoms with Crippen LogP contribution in [0, 0.1) is 6.92 Å². The van der Waals surface area contributed by atoms with Gasteiger partial charge in [0.1, 0.15) is 6.10 Å². The average Bonchev–Trinajstić information content (AvgIpc) is 3.19. The zero-order chi connectivity index (χ0) is 22.6. The fourth-order valence-corrected chi connectivity index (χ4v) is 4.64. The summed E-state index contributed by atoms with van der Waals surface area (Å²) in [6, 6.07) is 12.1. The lowest BCUT2D eigenvalue weighted by Crippen LogP contribution is -2.42. The molecule has 5 rings (SSSR count). The molecule has 1 amide bonds. The number of aromatic nitrogens is 3. The van der Waals surface area contributed by atoms with Gasteiger partial charge in [-0.25, -0.2) is 9.50 Å². The van der Waals surface area contributed by atoms with Crippen LogP contribution < -0.4 is 0 Å². The minimum Gasteiger partial charge on any atom is -0.379 e. The van der Waals surface area contributed by atoms with Crippen molar-refractivity contribution in [1.29, 1.82) is 0 Å². The molecule has 1 atom stereocenters. The highest BCUT2D eigenvalue weighted by Gasteiger charge is 2.28. The van der Waals surface area contributed by atoms with Crippen LogP contribution in [0.1, 0.15) is 35.0 Å². The summed E-state index contributed by atoms with van der Waals surface area (Å²) in [5, 5.41) is 4.81. The van der Waals surface area contributed by atoms with Crippen LogP contribution in [0.25, 0.3) is 5.65 Å². The number of hydrogen-bond acceptors (Lipinski definition) is 6. The van der Waals surface area contributed by atoms with Crippen LogP contribution in [0.15, 0.2) is 42.6 Å². The number of carbonyl (C=O) groups excluding carboxylic acids is 1. The Morgan fingerprint density at radius 2 is 1.91 bits per heavy atom. The van der Waals surface area contributed by atoms with Gasteiger partial charge in [-0.15, -0.1) is 0 Å². The number of carbonyl (C=O) groups is 1. The standard InChI is InChI=1S/C25H31N5O3/c1-19-21(17-28-11-14-32-15-12-28)25-26-10-9-22(30(25)27-19)23-18-29(13-16-33-23)24(31)8-7-20-5-3-2-4-6-20/h2-6,9-10,23H,7-8,11-18H2,1H3/t23-/m0/s1. The highest BCUT2D eigenvalue weighted by atomic mass is 16.5. The molecule has 0 unspecified atom stereocenters. The summed E-state index contributed by atoms with van der Waals surface area (Å²) >= 11 is 0. The number of fused-ring (bicyclic) bond motifs is 1. The van der Waals surface area contributed by atoms with Gasteiger partial charge in [0, 0.05) is 44.4 Å². The Labute approximate surface area is 194 Å². The van der Waals surface area contributed by atoms with Crippen molar-refractivity contribution >= 4 is 11.6 Å². The number of aryl methyl sites for hydroxylation is 2. The van der Waals surface area contributed by atoms with Crippen LogP contribution in [0.5, 0.6) is 0 Å². The number of amides is 1. The smallest absolute Gasteiger partial charge is 0.223 e. The van der Waals surface area contributed by atoms with Crippen molar-refractivity contribution in [3.05, 3.63) is 65.1 Å². The predicted molar refractivity (Wildman–Crippen MR) is 124 cm³/mol. The van der Waals surface area contributed by atoms with Gasteiger partial charge in [0.05, 0.1) is 37.8 Å². The molecule has 2 aliphatic heterocycles. The first-order chi connectivity index (χ1) is 16.2. The van der Waals surface area contributed by atoms with Crippen molar-refractivity contribution in [1.82, 2.24) is 24.4 Å². The first-order valence-corrected chi connectivity index (χ1v) is 11.8. The fourth-order valence-electron chi connectivity index (χ4n) is 4.64. The van der Waals surface area contributed by atoms with Gasteiger partial charge in [-0.2, -0.15) is 5.10 Å². The van der Waals surface area contributed by atoms with E-state index < -0.39 is 0 Å². The molecule has 0 N–H and O–H groups in total. The Morgan fingerprint density at radius 1 is 1.09 bits per heavy atom. The zero-order valence-electron chi connectivity index (χ0n) is 19.2. The summed E-state index contributed by atoms with van der Waals surface area (Å²) in [5.74, 6) is 0.169. The maximum absolute atomic E-state index is 12.9. The summed E-state index contributed by atoms with van der Waals surface area (Å²) in [4.78, 5) is 21.9. The van der Waals surface area contributed by atoms with Gasteiger partial charge in [0.2, 0.25) is 5.91 Å². The largest absolute Gasteiger partial charge is 0.379 e. The van der Waals surface area contributed by atoms with Crippen molar-refractivity contribution in [3.8, 4) is 0 Å². The second kappa shape index (κ2) is 9.99. The van der Waals surface area contributed by atoms with Crippen LogP contribution in [0.4, 0.5) is 0 Å². The van der Waals surface area contributed by atoms with E-state index in [4.69, 9.17) is 14.6 Å². The Morgan fingerprint density at radius 3 is 2.73 bits per heavy atom. The lowest BCUT2D eigenvalue weighted by molar-refractivity contribution is -0.139. The van der Waals surface area contributed by atoms with Gasteiger partial charge in [-0.05, 0) is 25.0 Å². The van der Waals surface area contributed by atoms with Crippen LogP contribution in [-0.2, 0) is 27.2 Å². The molecule has 0 spiro atoms. The maximum Gasteiger partial charge on any atom is 0.223 e. The van der Waals surface area contributed by atoms with Gasteiger partial charge in [0.25, 0.3) is 0 Å². The lowest BCUT2D eigenvalue weighted by Gasteiger charge is -2.33. The number of benzene rings is 1. The Hall–Kier alpha value is -2.81. The number of morpholine rings is 2. The maximum atomic E-state index is 12.9. The molecule has 174 valence electrons. The van der Waals surface area contributed by atoms with E-state index in [1.54, 1.807) is 0 Å².